The molecular formula is C50H57N15O9. The molecule has 0 radical (unpaired) electrons. The Labute approximate surface area is 423 Å². The average molecular weight is 1010 g/mol. The number of fused-ring (bicyclic) bond motifs is 2. The minimum atomic E-state index is -1.08. The smallest absolute Gasteiger partial charge is 0.338 e. The topological polar surface area (TPSA) is 288 Å². The second kappa shape index (κ2) is 20.6. The molecule has 5 aromatic heterocycles. The zero-order valence-corrected chi connectivity index (χ0v) is 41.4. The molecule has 0 spiro atoms. The first-order valence-corrected chi connectivity index (χ1v) is 24.7. The second-order valence-electron chi connectivity index (χ2n) is 18.5. The number of imidazole rings is 2. The Bertz CT molecular complexity index is 3350. The summed E-state index contributed by atoms with van der Waals surface area (Å²) in [6.45, 7) is 10.4. The van der Waals surface area contributed by atoms with Crippen LogP contribution in [0.2, 0.25) is 0 Å². The number of aryl methyl sites for hydroxylation is 5. The van der Waals surface area contributed by atoms with E-state index in [0.717, 1.165) is 12.8 Å². The number of nitrogens with zero attached hydrogens (tertiary/aromatic N) is 11. The maximum atomic E-state index is 14.1. The van der Waals surface area contributed by atoms with Crippen LogP contribution in [0.1, 0.15) is 96.5 Å². The number of primary amides is 1. The maximum Gasteiger partial charge on any atom is 0.338 e. The number of carboxylic acids is 1. The molecule has 2 bridgehead atoms. The molecule has 6 N–H and O–H groups in total. The van der Waals surface area contributed by atoms with Crippen LogP contribution < -0.4 is 31.2 Å². The summed E-state index contributed by atoms with van der Waals surface area (Å²) in [7, 11) is 0. The van der Waals surface area contributed by atoms with Gasteiger partial charge in [-0.25, -0.2) is 14.8 Å². The van der Waals surface area contributed by atoms with Gasteiger partial charge in [0.1, 0.15) is 47.1 Å². The number of nitrogens with one attached hydrogen (secondary N) is 3. The fourth-order valence-electron chi connectivity index (χ4n) is 10.1. The Morgan fingerprint density at radius 2 is 1.24 bits per heavy atom. The molecule has 2 aromatic carbocycles. The van der Waals surface area contributed by atoms with Gasteiger partial charge in [-0.3, -0.25) is 48.8 Å². The molecule has 2 unspecified atom stereocenters. The van der Waals surface area contributed by atoms with Crippen LogP contribution in [0.4, 0.5) is 11.9 Å². The minimum absolute atomic E-state index is 0.0591. The Kier molecular flexibility index (Phi) is 13.7. The number of carboxylic acid groups (broad SMARTS) is 1. The van der Waals surface area contributed by atoms with Crippen LogP contribution in [-0.2, 0) is 37.5 Å². The number of benzene rings is 2. The van der Waals surface area contributed by atoms with E-state index in [-0.39, 0.29) is 73.5 Å². The predicted octanol–water partition coefficient (Wildman–Crippen LogP) is 4.01. The lowest BCUT2D eigenvalue weighted by molar-refractivity contribution is -0.0534. The Hall–Kier alpha value is -8.38. The molecule has 7 aromatic rings. The molecule has 3 aliphatic heterocycles. The molecule has 4 amide bonds. The summed E-state index contributed by atoms with van der Waals surface area (Å²) in [5.41, 5.74) is 10.1. The number of rotatable bonds is 14. The van der Waals surface area contributed by atoms with Crippen molar-refractivity contribution < 1.29 is 43.3 Å². The van der Waals surface area contributed by atoms with Gasteiger partial charge >= 0.3 is 5.97 Å². The van der Waals surface area contributed by atoms with Gasteiger partial charge in [0.2, 0.25) is 17.8 Å². The SMILES string of the molecule is CCn1nc(C)cc1C(=O)Nc1nc2cc(C(N)=O)cc3c2n1C/C=C/Cn1c(NC(=O)c2cc(C)nn2CC)nc2cc(C(=O)NCCCn4cc(C(=O)O)cn4)cc(c21)OC[C@@H](N1C2CCC1COC2)CO3. The molecule has 3 aliphatic rings. The largest absolute Gasteiger partial charge is 0.490 e. The number of morpholine rings is 1. The van der Waals surface area contributed by atoms with E-state index in [2.05, 4.69) is 36.1 Å². The van der Waals surface area contributed by atoms with E-state index < -0.39 is 35.6 Å². The molecule has 8 heterocycles. The second-order valence-corrected chi connectivity index (χ2v) is 18.5. The van der Waals surface area contributed by atoms with Crippen LogP contribution in [-0.4, -0.2) is 139 Å². The van der Waals surface area contributed by atoms with Gasteiger partial charge in [0, 0.05) is 68.7 Å². The zero-order valence-electron chi connectivity index (χ0n) is 41.4. The Balaban J connectivity index is 1.07. The summed E-state index contributed by atoms with van der Waals surface area (Å²) in [4.78, 5) is 78.7. The summed E-state index contributed by atoms with van der Waals surface area (Å²) in [5, 5.41) is 31.3. The van der Waals surface area contributed by atoms with Gasteiger partial charge in [0.05, 0.1) is 53.4 Å². The minimum Gasteiger partial charge on any atom is -0.490 e. The monoisotopic (exact) mass is 1010 g/mol. The van der Waals surface area contributed by atoms with Gasteiger partial charge in [-0.05, 0) is 83.4 Å². The molecule has 2 fully saturated rings. The van der Waals surface area contributed by atoms with Gasteiger partial charge in [-0.1, -0.05) is 12.2 Å². The van der Waals surface area contributed by atoms with Gasteiger partial charge in [0.15, 0.2) is 0 Å². The number of carbonyl (C=O) groups excluding carboxylic acids is 4. The van der Waals surface area contributed by atoms with Gasteiger partial charge in [-0.2, -0.15) is 15.3 Å². The number of hydrogen-bond donors (Lipinski definition) is 5. The molecular weight excluding hydrogens is 955 g/mol. The van der Waals surface area contributed by atoms with E-state index in [9.17, 15) is 29.1 Å². The molecule has 386 valence electrons. The number of carbonyl (C=O) groups is 5. The summed E-state index contributed by atoms with van der Waals surface area (Å²) < 4.78 is 28.1. The highest BCUT2D eigenvalue weighted by molar-refractivity contribution is 6.05. The van der Waals surface area contributed by atoms with E-state index in [0.29, 0.717) is 95.6 Å². The van der Waals surface area contributed by atoms with Gasteiger partial charge < -0.3 is 39.5 Å². The number of ether oxygens (including phenoxy) is 3. The standard InChI is InChI=1S/C50H57N15O9/c1-5-63-38(16-28(3)58-63)46(68)56-49-54-36-18-30(44(51)66)20-40-42(36)61(49)14-7-8-15-62-43-37(55-50(62)57-47(69)39-17-29(4)59-64(39)6-2)19-31(45(67)52-12-9-13-60-23-32(22-53-60)48(70)71)21-41(43)74-27-35(26-73-40)65-33-10-11-34(65)25-72-24-33/h7-8,16-23,33-35H,5-6,9-15,24-27H2,1-4H3,(H2,51,66)(H,52,67)(H,70,71)(H,54,56,68)(H,55,57,69)/b8-7+/t33?,34?,35-/m0/s1. The van der Waals surface area contributed by atoms with E-state index >= 15 is 0 Å². The molecule has 3 atom stereocenters. The maximum absolute atomic E-state index is 14.1. The van der Waals surface area contributed by atoms with Crippen LogP contribution in [0.25, 0.3) is 22.1 Å². The highest BCUT2D eigenvalue weighted by atomic mass is 16.5. The van der Waals surface area contributed by atoms with Crippen molar-refractivity contribution >= 4 is 63.6 Å². The predicted molar refractivity (Wildman–Crippen MR) is 269 cm³/mol. The Morgan fingerprint density at radius 1 is 0.703 bits per heavy atom. The third kappa shape index (κ3) is 9.79. The number of hydrogen-bond acceptors (Lipinski definition) is 14. The van der Waals surface area contributed by atoms with Crippen molar-refractivity contribution in [3.05, 3.63) is 100 Å². The van der Waals surface area contributed by atoms with Crippen molar-refractivity contribution in [1.29, 1.82) is 0 Å². The number of allylic oxidation sites excluding steroid dienone is 2. The summed E-state index contributed by atoms with van der Waals surface area (Å²) >= 11 is 0. The van der Waals surface area contributed by atoms with E-state index in [4.69, 9.17) is 29.9 Å². The van der Waals surface area contributed by atoms with Crippen molar-refractivity contribution in [3.63, 3.8) is 0 Å². The molecule has 74 heavy (non-hydrogen) atoms. The lowest BCUT2D eigenvalue weighted by Crippen LogP contribution is -2.55. The van der Waals surface area contributed by atoms with Crippen LogP contribution in [0.15, 0.2) is 60.9 Å². The quantitative estimate of drug-likeness (QED) is 0.0760. The fraction of sp³-hybridized carbons (Fsp3) is 0.400. The molecule has 24 heteroatoms. The first-order valence-electron chi connectivity index (χ1n) is 24.7. The van der Waals surface area contributed by atoms with Crippen molar-refractivity contribution in [2.24, 2.45) is 5.73 Å². The third-order valence-electron chi connectivity index (χ3n) is 13.5. The number of anilines is 2. The highest BCUT2D eigenvalue weighted by Gasteiger charge is 2.42. The molecule has 2 saturated heterocycles. The first kappa shape index (κ1) is 49.2. The van der Waals surface area contributed by atoms with Crippen molar-refractivity contribution in [2.45, 2.75) is 97.8 Å². The fourth-order valence-corrected chi connectivity index (χ4v) is 10.1. The number of nitrogens with two attached hydrogens (primary N) is 1. The van der Waals surface area contributed by atoms with Crippen LogP contribution in [0.3, 0.4) is 0 Å². The normalized spacial score (nSPS) is 18.3. The lowest BCUT2D eigenvalue weighted by atomic mass is 10.1. The molecule has 0 saturated carbocycles. The van der Waals surface area contributed by atoms with Gasteiger partial charge in [-0.15, -0.1) is 0 Å². The highest BCUT2D eigenvalue weighted by Crippen LogP contribution is 2.36. The molecule has 10 rings (SSSR count). The van der Waals surface area contributed by atoms with Gasteiger partial charge in [0.25, 0.3) is 17.7 Å². The van der Waals surface area contributed by atoms with Crippen LogP contribution in [0.5, 0.6) is 11.5 Å². The summed E-state index contributed by atoms with van der Waals surface area (Å²) in [6, 6.07) is 9.57. The summed E-state index contributed by atoms with van der Waals surface area (Å²) in [6.07, 6.45) is 8.71. The Morgan fingerprint density at radius 3 is 1.76 bits per heavy atom. The van der Waals surface area contributed by atoms with E-state index in [1.807, 2.05) is 44.4 Å². The average Bonchev–Trinajstić information content (AvgIpc) is 4.25. The van der Waals surface area contributed by atoms with Crippen molar-refractivity contribution in [1.82, 2.24) is 58.7 Å². The number of aromatic carboxylic acids is 1. The first-order chi connectivity index (χ1) is 35.8. The van der Waals surface area contributed by atoms with E-state index in [1.165, 1.54) is 17.1 Å². The van der Waals surface area contributed by atoms with Crippen LogP contribution >= 0.6 is 0 Å². The molecule has 0 aliphatic carbocycles. The van der Waals surface area contributed by atoms with Crippen molar-refractivity contribution in [3.8, 4) is 11.5 Å². The van der Waals surface area contributed by atoms with Crippen molar-refractivity contribution in [2.75, 3.05) is 43.6 Å². The van der Waals surface area contributed by atoms with Crippen LogP contribution in [0, 0.1) is 13.8 Å². The zero-order chi connectivity index (χ0) is 51.8. The number of aromatic nitrogens is 10. The number of amides is 4. The third-order valence-corrected chi connectivity index (χ3v) is 13.5. The summed E-state index contributed by atoms with van der Waals surface area (Å²) in [5.74, 6) is -2.07. The lowest BCUT2D eigenvalue weighted by Gasteiger charge is -2.40. The van der Waals surface area contributed by atoms with E-state index in [1.54, 1.807) is 50.3 Å². The molecule has 24 nitrogen and oxygen atoms in total.